The first-order chi connectivity index (χ1) is 18.2. The highest BCUT2D eigenvalue weighted by Crippen LogP contribution is 2.39. The molecule has 0 atom stereocenters. The van der Waals surface area contributed by atoms with Crippen LogP contribution >= 0.6 is 0 Å². The normalized spacial score (nSPS) is 15.1. The molecule has 0 saturated heterocycles. The molecule has 1 heterocycles. The van der Waals surface area contributed by atoms with Gasteiger partial charge >= 0.3 is 5.97 Å². The number of hydrogen-bond donors (Lipinski definition) is 0. The zero-order valence-electron chi connectivity index (χ0n) is 21.3. The molecule has 0 aliphatic heterocycles. The Bertz CT molecular complexity index is 1380. The number of carbonyl (C=O) groups excluding carboxylic acids is 1. The van der Waals surface area contributed by atoms with Crippen LogP contribution in [0.15, 0.2) is 72.8 Å². The Balaban J connectivity index is 1.46. The van der Waals surface area contributed by atoms with E-state index in [1.54, 1.807) is 0 Å². The van der Waals surface area contributed by atoms with E-state index in [1.165, 1.54) is 25.7 Å². The van der Waals surface area contributed by atoms with Crippen LogP contribution in [0.3, 0.4) is 0 Å². The van der Waals surface area contributed by atoms with Gasteiger partial charge in [0.25, 0.3) is 0 Å². The van der Waals surface area contributed by atoms with Gasteiger partial charge < -0.3 is 18.8 Å². The fourth-order valence-electron chi connectivity index (χ4n) is 4.77. The molecule has 2 aliphatic carbocycles. The number of esters is 1. The predicted molar refractivity (Wildman–Crippen MR) is 145 cm³/mol. The maximum absolute atomic E-state index is 13.5. The van der Waals surface area contributed by atoms with Gasteiger partial charge in [0.05, 0.1) is 19.8 Å². The van der Waals surface area contributed by atoms with Crippen LogP contribution in [0.5, 0.6) is 11.5 Å². The van der Waals surface area contributed by atoms with E-state index in [0.29, 0.717) is 30.7 Å². The van der Waals surface area contributed by atoms with Crippen molar-refractivity contribution in [3.8, 4) is 22.6 Å². The van der Waals surface area contributed by atoms with E-state index in [4.69, 9.17) is 14.2 Å². The van der Waals surface area contributed by atoms with Gasteiger partial charge in [-0.05, 0) is 85.9 Å². The molecule has 4 aromatic rings. The molecule has 0 spiro atoms. The summed E-state index contributed by atoms with van der Waals surface area (Å²) < 4.78 is 19.8. The first kappa shape index (κ1) is 23.7. The zero-order valence-corrected chi connectivity index (χ0v) is 21.3. The van der Waals surface area contributed by atoms with Crippen LogP contribution in [-0.4, -0.2) is 30.4 Å². The maximum atomic E-state index is 13.5. The quantitative estimate of drug-likeness (QED) is 0.208. The van der Waals surface area contributed by atoms with Crippen molar-refractivity contribution in [1.82, 2.24) is 4.57 Å². The fourth-order valence-corrected chi connectivity index (χ4v) is 4.77. The Morgan fingerprint density at radius 2 is 1.49 bits per heavy atom. The number of hydrogen-bond acceptors (Lipinski definition) is 4. The Hall–Kier alpha value is -3.73. The predicted octanol–water partition coefficient (Wildman–Crippen LogP) is 7.11. The van der Waals surface area contributed by atoms with Crippen LogP contribution in [0.2, 0.25) is 0 Å². The first-order valence-corrected chi connectivity index (χ1v) is 13.4. The summed E-state index contributed by atoms with van der Waals surface area (Å²) in [5.41, 5.74) is 4.49. The van der Waals surface area contributed by atoms with E-state index >= 15 is 0 Å². The van der Waals surface area contributed by atoms with E-state index < -0.39 is 0 Å². The van der Waals surface area contributed by atoms with Crippen molar-refractivity contribution in [2.45, 2.75) is 39.2 Å². The van der Waals surface area contributed by atoms with Crippen molar-refractivity contribution < 1.29 is 19.0 Å². The molecule has 0 N–H and O–H groups in total. The van der Waals surface area contributed by atoms with Gasteiger partial charge in [0.2, 0.25) is 0 Å². The third-order valence-electron chi connectivity index (χ3n) is 7.20. The summed E-state index contributed by atoms with van der Waals surface area (Å²) in [4.78, 5) is 13.5. The summed E-state index contributed by atoms with van der Waals surface area (Å²) in [5, 5.41) is 0.985. The molecule has 5 nitrogen and oxygen atoms in total. The molecule has 0 bridgehead atoms. The first-order valence-electron chi connectivity index (χ1n) is 13.4. The van der Waals surface area contributed by atoms with E-state index in [2.05, 4.69) is 28.8 Å². The largest absolute Gasteiger partial charge is 0.493 e. The third kappa shape index (κ3) is 5.36. The topological polar surface area (TPSA) is 49.7 Å². The molecule has 0 radical (unpaired) electrons. The standard InChI is InChI=1S/C32H33NO4/c1-2-35-32(34)31-30(25-12-14-26(15-13-25)36-20-23-8-9-23)28-18-27(37-21-24-10-11-24)16-17-29(28)33(31)19-22-6-4-3-5-7-22/h3-7,12-18,23-24H,2,8-11,19-21H2,1H3. The van der Waals surface area contributed by atoms with Gasteiger partial charge in [0.15, 0.2) is 0 Å². The van der Waals surface area contributed by atoms with Crippen molar-refractivity contribution in [3.05, 3.63) is 84.1 Å². The molecule has 6 rings (SSSR count). The highest BCUT2D eigenvalue weighted by atomic mass is 16.5. The van der Waals surface area contributed by atoms with E-state index in [9.17, 15) is 4.79 Å². The molecular weight excluding hydrogens is 462 g/mol. The van der Waals surface area contributed by atoms with Crippen molar-refractivity contribution in [2.75, 3.05) is 19.8 Å². The summed E-state index contributed by atoms with van der Waals surface area (Å²) in [6.07, 6.45) is 4.99. The van der Waals surface area contributed by atoms with Gasteiger partial charge in [0, 0.05) is 23.0 Å². The molecule has 0 amide bonds. The number of carbonyl (C=O) groups is 1. The molecule has 3 aromatic carbocycles. The van der Waals surface area contributed by atoms with Crippen LogP contribution in [0, 0.1) is 11.8 Å². The molecule has 0 unspecified atom stereocenters. The lowest BCUT2D eigenvalue weighted by molar-refractivity contribution is 0.0516. The van der Waals surface area contributed by atoms with Crippen molar-refractivity contribution in [1.29, 1.82) is 0 Å². The lowest BCUT2D eigenvalue weighted by Crippen LogP contribution is -2.14. The van der Waals surface area contributed by atoms with Crippen LogP contribution in [0.4, 0.5) is 0 Å². The van der Waals surface area contributed by atoms with Gasteiger partial charge in [-0.3, -0.25) is 0 Å². The number of nitrogens with zero attached hydrogens (tertiary/aromatic N) is 1. The minimum absolute atomic E-state index is 0.314. The van der Waals surface area contributed by atoms with Gasteiger partial charge in [-0.15, -0.1) is 0 Å². The highest BCUT2D eigenvalue weighted by Gasteiger charge is 2.27. The monoisotopic (exact) mass is 495 g/mol. The minimum atomic E-state index is -0.320. The minimum Gasteiger partial charge on any atom is -0.493 e. The van der Waals surface area contributed by atoms with Crippen LogP contribution in [-0.2, 0) is 11.3 Å². The van der Waals surface area contributed by atoms with Crippen molar-refractivity contribution in [3.63, 3.8) is 0 Å². The number of ether oxygens (including phenoxy) is 3. The maximum Gasteiger partial charge on any atom is 0.355 e. The molecule has 190 valence electrons. The summed E-state index contributed by atoms with van der Waals surface area (Å²) in [5.74, 6) is 2.72. The Kier molecular flexibility index (Phi) is 6.60. The Labute approximate surface area is 218 Å². The summed E-state index contributed by atoms with van der Waals surface area (Å²) in [6, 6.07) is 24.5. The molecule has 1 aromatic heterocycles. The second kappa shape index (κ2) is 10.3. The molecule has 2 aliphatic rings. The second-order valence-corrected chi connectivity index (χ2v) is 10.2. The zero-order chi connectivity index (χ0) is 25.2. The van der Waals surface area contributed by atoms with Gasteiger partial charge in [0.1, 0.15) is 17.2 Å². The van der Waals surface area contributed by atoms with Crippen molar-refractivity contribution >= 4 is 16.9 Å². The van der Waals surface area contributed by atoms with E-state index in [0.717, 1.165) is 52.3 Å². The summed E-state index contributed by atoms with van der Waals surface area (Å²) >= 11 is 0. The Morgan fingerprint density at radius 1 is 0.838 bits per heavy atom. The summed E-state index contributed by atoms with van der Waals surface area (Å²) in [6.45, 7) is 4.23. The van der Waals surface area contributed by atoms with Crippen molar-refractivity contribution in [2.24, 2.45) is 11.8 Å². The van der Waals surface area contributed by atoms with Crippen LogP contribution in [0.1, 0.15) is 48.7 Å². The Morgan fingerprint density at radius 3 is 2.14 bits per heavy atom. The van der Waals surface area contributed by atoms with Gasteiger partial charge in [-0.25, -0.2) is 4.79 Å². The lowest BCUT2D eigenvalue weighted by atomic mass is 10.0. The average Bonchev–Trinajstić information content (AvgIpc) is 3.86. The summed E-state index contributed by atoms with van der Waals surface area (Å²) in [7, 11) is 0. The SMILES string of the molecule is CCOC(=O)c1c(-c2ccc(OCC3CC3)cc2)c2cc(OCC3CC3)ccc2n1Cc1ccccc1. The van der Waals surface area contributed by atoms with E-state index in [-0.39, 0.29) is 5.97 Å². The molecule has 5 heteroatoms. The molecule has 2 saturated carbocycles. The lowest BCUT2D eigenvalue weighted by Gasteiger charge is -2.12. The average molecular weight is 496 g/mol. The number of fused-ring (bicyclic) bond motifs is 1. The number of aromatic nitrogens is 1. The van der Waals surface area contributed by atoms with Crippen LogP contribution in [0.25, 0.3) is 22.0 Å². The third-order valence-corrected chi connectivity index (χ3v) is 7.20. The molecule has 2 fully saturated rings. The van der Waals surface area contributed by atoms with E-state index in [1.807, 2.05) is 55.5 Å². The second-order valence-electron chi connectivity index (χ2n) is 10.2. The number of benzene rings is 3. The molecule has 37 heavy (non-hydrogen) atoms. The molecular formula is C32H33NO4. The highest BCUT2D eigenvalue weighted by molar-refractivity contribution is 6.09. The smallest absolute Gasteiger partial charge is 0.355 e. The fraction of sp³-hybridized carbons (Fsp3) is 0.344. The van der Waals surface area contributed by atoms with Gasteiger partial charge in [-0.1, -0.05) is 42.5 Å². The van der Waals surface area contributed by atoms with Crippen LogP contribution < -0.4 is 9.47 Å². The van der Waals surface area contributed by atoms with Gasteiger partial charge in [-0.2, -0.15) is 0 Å². The number of rotatable bonds is 11.